The molecule has 1 aliphatic rings. The summed E-state index contributed by atoms with van der Waals surface area (Å²) in [4.78, 5) is 10.9. The zero-order valence-electron chi connectivity index (χ0n) is 32.5. The monoisotopic (exact) mass is 736 g/mol. The number of furan rings is 1. The Hall–Kier alpha value is -6.72. The molecule has 57 heavy (non-hydrogen) atoms. The first-order valence-electron chi connectivity index (χ1n) is 20.0. The van der Waals surface area contributed by atoms with Crippen LogP contribution in [0.2, 0.25) is 0 Å². The van der Waals surface area contributed by atoms with Crippen LogP contribution < -0.4 is 0 Å². The summed E-state index contributed by atoms with van der Waals surface area (Å²) in [6, 6.07) is 52.5. The van der Waals surface area contributed by atoms with Crippen molar-refractivity contribution in [2.24, 2.45) is 0 Å². The molecule has 0 amide bonds. The van der Waals surface area contributed by atoms with Gasteiger partial charge in [-0.05, 0) is 88.7 Å². The van der Waals surface area contributed by atoms with Crippen molar-refractivity contribution in [3.05, 3.63) is 157 Å². The average molecular weight is 737 g/mol. The summed E-state index contributed by atoms with van der Waals surface area (Å²) < 4.78 is 11.4. The van der Waals surface area contributed by atoms with Gasteiger partial charge >= 0.3 is 0 Å². The van der Waals surface area contributed by atoms with Crippen molar-refractivity contribution in [1.82, 2.24) is 19.1 Å². The van der Waals surface area contributed by atoms with Crippen LogP contribution in [0.3, 0.4) is 0 Å². The first kappa shape index (κ1) is 32.5. The van der Waals surface area contributed by atoms with Gasteiger partial charge in [-0.15, -0.1) is 0 Å². The molecule has 0 radical (unpaired) electrons. The molecule has 0 atom stereocenters. The van der Waals surface area contributed by atoms with E-state index in [0.29, 0.717) is 11.5 Å². The Labute approximate surface area is 329 Å². The summed E-state index contributed by atoms with van der Waals surface area (Å²) in [5, 5.41) is 8.32. The van der Waals surface area contributed by atoms with Crippen LogP contribution in [0.15, 0.2) is 150 Å². The van der Waals surface area contributed by atoms with E-state index in [1.807, 2.05) is 18.2 Å². The molecule has 12 rings (SSSR count). The van der Waals surface area contributed by atoms with Crippen molar-refractivity contribution in [3.63, 3.8) is 0 Å². The Balaban J connectivity index is 1.29. The van der Waals surface area contributed by atoms with Gasteiger partial charge in [-0.1, -0.05) is 125 Å². The zero-order chi connectivity index (χ0) is 38.2. The highest BCUT2D eigenvalue weighted by Gasteiger charge is 2.38. The zero-order valence-corrected chi connectivity index (χ0v) is 32.5. The normalized spacial score (nSPS) is 15.2. The molecule has 4 aromatic heterocycles. The minimum absolute atomic E-state index is 0.0208. The molecule has 0 saturated carbocycles. The van der Waals surface area contributed by atoms with Crippen LogP contribution >= 0.6 is 0 Å². The van der Waals surface area contributed by atoms with Gasteiger partial charge in [-0.2, -0.15) is 0 Å². The third-order valence-electron chi connectivity index (χ3n) is 13.0. The molecule has 1 aliphatic carbocycles. The van der Waals surface area contributed by atoms with Crippen molar-refractivity contribution in [1.29, 1.82) is 0 Å². The van der Waals surface area contributed by atoms with Crippen LogP contribution in [0.5, 0.6) is 0 Å². The predicted molar refractivity (Wildman–Crippen MR) is 236 cm³/mol. The van der Waals surface area contributed by atoms with Crippen LogP contribution in [0.4, 0.5) is 0 Å². The summed E-state index contributed by atoms with van der Waals surface area (Å²) >= 11 is 0. The smallest absolute Gasteiger partial charge is 0.236 e. The predicted octanol–water partition coefficient (Wildman–Crippen LogP) is 13.7. The molecule has 0 spiro atoms. The Morgan fingerprint density at radius 2 is 1.12 bits per heavy atom. The van der Waals surface area contributed by atoms with Crippen LogP contribution in [0.25, 0.3) is 99.3 Å². The minimum Gasteiger partial charge on any atom is -0.452 e. The molecule has 0 N–H and O–H groups in total. The lowest BCUT2D eigenvalue weighted by molar-refractivity contribution is 0.332. The second-order valence-corrected chi connectivity index (χ2v) is 17.3. The van der Waals surface area contributed by atoms with Gasteiger partial charge in [0.2, 0.25) is 5.95 Å². The largest absolute Gasteiger partial charge is 0.452 e. The van der Waals surface area contributed by atoms with Crippen LogP contribution in [-0.2, 0) is 10.8 Å². The van der Waals surface area contributed by atoms with Gasteiger partial charge in [-0.25, -0.2) is 9.97 Å². The molecule has 4 heterocycles. The third-order valence-corrected chi connectivity index (χ3v) is 13.0. The van der Waals surface area contributed by atoms with E-state index < -0.39 is 0 Å². The summed E-state index contributed by atoms with van der Waals surface area (Å²) in [7, 11) is 0. The molecule has 11 aromatic rings. The topological polar surface area (TPSA) is 48.8 Å². The van der Waals surface area contributed by atoms with E-state index >= 15 is 0 Å². The standard InChI is InChI=1S/C52H40N4O/c1-51(2)25-26-52(3,4)41-29-42-39(28-40(41)51)38-27-37-35-24-23-31-15-11-12-20-34(31)48(35)55(33-18-9-6-10-19-33)43(37)30-44(38)56(42)50-53-46(32-16-7-5-8-17-32)49-47(54-50)36-21-13-14-22-45(36)57-49/h5-24,27-30H,25-26H2,1-4H3. The fourth-order valence-electron chi connectivity index (χ4n) is 9.88. The Morgan fingerprint density at radius 1 is 0.509 bits per heavy atom. The second-order valence-electron chi connectivity index (χ2n) is 17.3. The van der Waals surface area contributed by atoms with Crippen molar-refractivity contribution in [2.75, 3.05) is 0 Å². The van der Waals surface area contributed by atoms with E-state index in [-0.39, 0.29) is 10.8 Å². The quantitative estimate of drug-likeness (QED) is 0.181. The van der Waals surface area contributed by atoms with E-state index in [2.05, 4.69) is 164 Å². The first-order chi connectivity index (χ1) is 27.7. The number of nitrogens with zero attached hydrogens (tertiary/aromatic N) is 4. The minimum atomic E-state index is 0.0208. The highest BCUT2D eigenvalue weighted by molar-refractivity contribution is 6.23. The molecular weight excluding hydrogens is 697 g/mol. The average Bonchev–Trinajstić information content (AvgIpc) is 3.89. The molecule has 5 heteroatoms. The highest BCUT2D eigenvalue weighted by atomic mass is 16.3. The van der Waals surface area contributed by atoms with Crippen LogP contribution in [0, 0.1) is 0 Å². The molecule has 274 valence electrons. The molecule has 0 fully saturated rings. The molecule has 5 nitrogen and oxygen atoms in total. The van der Waals surface area contributed by atoms with Gasteiger partial charge in [0.05, 0.1) is 22.1 Å². The lowest BCUT2D eigenvalue weighted by atomic mass is 9.63. The number of hydrogen-bond acceptors (Lipinski definition) is 3. The maximum Gasteiger partial charge on any atom is 0.236 e. The van der Waals surface area contributed by atoms with Crippen molar-refractivity contribution in [3.8, 4) is 22.9 Å². The van der Waals surface area contributed by atoms with Crippen molar-refractivity contribution >= 4 is 76.5 Å². The molecule has 0 unspecified atom stereocenters. The third kappa shape index (κ3) is 4.57. The van der Waals surface area contributed by atoms with Gasteiger partial charge in [0.1, 0.15) is 16.8 Å². The number of benzene rings is 7. The van der Waals surface area contributed by atoms with Crippen molar-refractivity contribution in [2.45, 2.75) is 51.4 Å². The maximum absolute atomic E-state index is 6.56. The number of hydrogen-bond donors (Lipinski definition) is 0. The van der Waals surface area contributed by atoms with E-state index in [0.717, 1.165) is 62.8 Å². The van der Waals surface area contributed by atoms with Gasteiger partial charge in [0.25, 0.3) is 0 Å². The van der Waals surface area contributed by atoms with Gasteiger partial charge < -0.3 is 8.98 Å². The lowest BCUT2D eigenvalue weighted by Gasteiger charge is -2.42. The van der Waals surface area contributed by atoms with Crippen LogP contribution in [0.1, 0.15) is 51.7 Å². The molecule has 0 aliphatic heterocycles. The SMILES string of the molecule is CC1(C)CCC(C)(C)c2cc3c(cc21)c1cc2c4ccc5ccccc5c4n(-c4ccccc4)c2cc1n3-c1nc(-c2ccccc2)c2oc3ccccc3c2n1. The van der Waals surface area contributed by atoms with E-state index in [9.17, 15) is 0 Å². The van der Waals surface area contributed by atoms with Crippen molar-refractivity contribution < 1.29 is 4.42 Å². The molecule has 0 saturated heterocycles. The summed E-state index contributed by atoms with van der Waals surface area (Å²) in [5.41, 5.74) is 12.7. The summed E-state index contributed by atoms with van der Waals surface area (Å²) in [6.07, 6.45) is 2.28. The summed E-state index contributed by atoms with van der Waals surface area (Å²) in [5.74, 6) is 0.632. The molecule has 7 aromatic carbocycles. The fourth-order valence-corrected chi connectivity index (χ4v) is 9.88. The second kappa shape index (κ2) is 11.4. The summed E-state index contributed by atoms with van der Waals surface area (Å²) in [6.45, 7) is 9.63. The number of fused-ring (bicyclic) bond motifs is 12. The fraction of sp³-hybridized carbons (Fsp3) is 0.154. The number of para-hydroxylation sites is 2. The Kier molecular flexibility index (Phi) is 6.52. The first-order valence-corrected chi connectivity index (χ1v) is 20.0. The van der Waals surface area contributed by atoms with E-state index in [4.69, 9.17) is 14.4 Å². The maximum atomic E-state index is 6.56. The lowest BCUT2D eigenvalue weighted by Crippen LogP contribution is -2.33. The van der Waals surface area contributed by atoms with Gasteiger partial charge in [0, 0.05) is 43.6 Å². The number of rotatable bonds is 3. The van der Waals surface area contributed by atoms with E-state index in [1.54, 1.807) is 0 Å². The molecular formula is C52H40N4O. The van der Waals surface area contributed by atoms with E-state index in [1.165, 1.54) is 49.0 Å². The Morgan fingerprint density at radius 3 is 1.91 bits per heavy atom. The highest BCUT2D eigenvalue weighted by Crippen LogP contribution is 2.50. The molecule has 0 bridgehead atoms. The van der Waals surface area contributed by atoms with Gasteiger partial charge in [0.15, 0.2) is 5.58 Å². The van der Waals surface area contributed by atoms with Crippen LogP contribution in [-0.4, -0.2) is 19.1 Å². The number of aromatic nitrogens is 4. The van der Waals surface area contributed by atoms with Gasteiger partial charge in [-0.3, -0.25) is 4.57 Å². The Bertz CT molecular complexity index is 3460.